The second-order valence-electron chi connectivity index (χ2n) is 4.53. The number of imidazole rings is 1. The predicted molar refractivity (Wildman–Crippen MR) is 76.3 cm³/mol. The Morgan fingerprint density at radius 3 is 2.65 bits per heavy atom. The lowest BCUT2D eigenvalue weighted by atomic mass is 10.3. The minimum absolute atomic E-state index is 0.101. The largest absolute Gasteiger partial charge is 0.368 e. The number of alkyl halides is 1. The van der Waals surface area contributed by atoms with Crippen LogP contribution in [0.5, 0.6) is 0 Å². The quantitative estimate of drug-likeness (QED) is 0.858. The van der Waals surface area contributed by atoms with E-state index >= 15 is 0 Å². The molecule has 6 nitrogen and oxygen atoms in total. The van der Waals surface area contributed by atoms with Gasteiger partial charge in [-0.1, -0.05) is 6.07 Å². The normalized spacial score (nSPS) is 13.6. The number of halogens is 1. The van der Waals surface area contributed by atoms with E-state index in [1.165, 1.54) is 6.07 Å². The van der Waals surface area contributed by atoms with Gasteiger partial charge in [-0.25, -0.2) is 13.4 Å². The number of amides is 1. The molecule has 0 bridgehead atoms. The van der Waals surface area contributed by atoms with Crippen LogP contribution < -0.4 is 5.73 Å². The summed E-state index contributed by atoms with van der Waals surface area (Å²) in [6, 6.07) is 4.76. The van der Waals surface area contributed by atoms with Gasteiger partial charge in [0.25, 0.3) is 0 Å². The topological polar surface area (TPSA) is 95.1 Å². The highest BCUT2D eigenvalue weighted by atomic mass is 35.5. The average Bonchev–Trinajstić information content (AvgIpc) is 2.66. The number of carbonyl (C=O) groups excluding carboxylic acids is 1. The molecule has 108 valence electrons. The molecule has 1 atom stereocenters. The van der Waals surface area contributed by atoms with Gasteiger partial charge in [-0.3, -0.25) is 4.79 Å². The Kier molecular flexibility index (Phi) is 3.75. The van der Waals surface area contributed by atoms with Gasteiger partial charge in [0, 0.05) is 6.26 Å². The number of nitrogens with two attached hydrogens (primary N) is 1. The molecule has 1 aromatic carbocycles. The number of nitrogens with zero attached hydrogens (tertiary/aromatic N) is 2. The lowest BCUT2D eigenvalue weighted by Crippen LogP contribution is -2.20. The molecule has 1 aromatic heterocycles. The van der Waals surface area contributed by atoms with E-state index in [-0.39, 0.29) is 11.4 Å². The zero-order valence-electron chi connectivity index (χ0n) is 11.0. The number of para-hydroxylation sites is 1. The number of hydrogen-bond acceptors (Lipinski definition) is 4. The van der Waals surface area contributed by atoms with Crippen molar-refractivity contribution in [2.75, 3.05) is 6.26 Å². The Morgan fingerprint density at radius 2 is 2.15 bits per heavy atom. The Morgan fingerprint density at radius 1 is 1.50 bits per heavy atom. The molecular formula is C12H14ClN3O3S. The van der Waals surface area contributed by atoms with E-state index in [4.69, 9.17) is 17.3 Å². The maximum Gasteiger partial charge on any atom is 0.237 e. The smallest absolute Gasteiger partial charge is 0.237 e. The zero-order valence-corrected chi connectivity index (χ0v) is 12.6. The van der Waals surface area contributed by atoms with Crippen LogP contribution in [0.2, 0.25) is 0 Å². The first-order chi connectivity index (χ1) is 9.21. The van der Waals surface area contributed by atoms with E-state index in [9.17, 15) is 13.2 Å². The Hall–Kier alpha value is -1.60. The van der Waals surface area contributed by atoms with Crippen LogP contribution in [0.3, 0.4) is 0 Å². The lowest BCUT2D eigenvalue weighted by molar-refractivity contribution is -0.118. The van der Waals surface area contributed by atoms with Crippen LogP contribution in [0.25, 0.3) is 11.0 Å². The number of carbonyl (C=O) groups is 1. The summed E-state index contributed by atoms with van der Waals surface area (Å²) < 4.78 is 25.1. The maximum atomic E-state index is 11.8. The van der Waals surface area contributed by atoms with Gasteiger partial charge in [0.2, 0.25) is 5.91 Å². The maximum absolute atomic E-state index is 11.8. The van der Waals surface area contributed by atoms with Crippen molar-refractivity contribution in [2.45, 2.75) is 23.7 Å². The first kappa shape index (κ1) is 14.8. The molecule has 2 N–H and O–H groups in total. The molecule has 2 rings (SSSR count). The minimum Gasteiger partial charge on any atom is -0.368 e. The van der Waals surface area contributed by atoms with Crippen molar-refractivity contribution in [1.82, 2.24) is 9.55 Å². The van der Waals surface area contributed by atoms with E-state index in [0.717, 1.165) is 6.26 Å². The number of primary amides is 1. The molecule has 0 aliphatic heterocycles. The van der Waals surface area contributed by atoms with Crippen molar-refractivity contribution in [3.05, 3.63) is 24.0 Å². The molecule has 20 heavy (non-hydrogen) atoms. The van der Waals surface area contributed by atoms with Gasteiger partial charge in [0.05, 0.1) is 15.8 Å². The molecule has 1 heterocycles. The molecule has 8 heteroatoms. The summed E-state index contributed by atoms with van der Waals surface area (Å²) in [5.41, 5.74) is 6.05. The predicted octanol–water partition coefficient (Wildman–Crippen LogP) is 1.22. The van der Waals surface area contributed by atoms with Crippen molar-refractivity contribution < 1.29 is 13.2 Å². The number of benzene rings is 1. The highest BCUT2D eigenvalue weighted by Crippen LogP contribution is 2.28. The number of hydrogen-bond donors (Lipinski definition) is 1. The van der Waals surface area contributed by atoms with Crippen LogP contribution in [0, 0.1) is 0 Å². The molecular weight excluding hydrogens is 302 g/mol. The highest BCUT2D eigenvalue weighted by Gasteiger charge is 2.21. The third-order valence-electron chi connectivity index (χ3n) is 2.84. The van der Waals surface area contributed by atoms with E-state index in [1.807, 2.05) is 0 Å². The Balaban J connectivity index is 2.84. The van der Waals surface area contributed by atoms with Crippen molar-refractivity contribution >= 4 is 38.4 Å². The lowest BCUT2D eigenvalue weighted by Gasteiger charge is -2.07. The summed E-state index contributed by atoms with van der Waals surface area (Å²) in [4.78, 5) is 15.6. The molecule has 1 unspecified atom stereocenters. The summed E-state index contributed by atoms with van der Waals surface area (Å²) in [6.45, 7) is 1.59. The number of rotatable bonds is 4. The van der Waals surface area contributed by atoms with E-state index < -0.39 is 21.1 Å². The van der Waals surface area contributed by atoms with Crippen LogP contribution in [0.1, 0.15) is 18.1 Å². The molecule has 0 fully saturated rings. The van der Waals surface area contributed by atoms with Crippen LogP contribution in [-0.2, 0) is 21.2 Å². The second kappa shape index (κ2) is 5.06. The van der Waals surface area contributed by atoms with Crippen molar-refractivity contribution in [2.24, 2.45) is 5.73 Å². The van der Waals surface area contributed by atoms with Crippen LogP contribution in [0.4, 0.5) is 0 Å². The standard InChI is InChI=1S/C12H14ClN3O3S/c1-7(13)12-15-11-8(16(12)6-10(14)17)4-3-5-9(11)20(2,18)19/h3-5,7H,6H2,1-2H3,(H2,14,17). The zero-order chi connectivity index (χ0) is 15.1. The van der Waals surface area contributed by atoms with Gasteiger partial charge in [-0.05, 0) is 19.1 Å². The fourth-order valence-electron chi connectivity index (χ4n) is 2.06. The van der Waals surface area contributed by atoms with Gasteiger partial charge >= 0.3 is 0 Å². The summed E-state index contributed by atoms with van der Waals surface area (Å²) in [5.74, 6) is -0.135. The van der Waals surface area contributed by atoms with Gasteiger partial charge in [0.15, 0.2) is 9.84 Å². The van der Waals surface area contributed by atoms with Crippen LogP contribution in [-0.4, -0.2) is 30.1 Å². The first-order valence-electron chi connectivity index (χ1n) is 5.83. The molecule has 0 saturated heterocycles. The van der Waals surface area contributed by atoms with Gasteiger partial charge in [-0.2, -0.15) is 0 Å². The number of aromatic nitrogens is 2. The molecule has 0 aliphatic carbocycles. The fourth-order valence-corrected chi connectivity index (χ4v) is 3.06. The Bertz CT molecular complexity index is 781. The van der Waals surface area contributed by atoms with Crippen LogP contribution >= 0.6 is 11.6 Å². The number of fused-ring (bicyclic) bond motifs is 1. The fraction of sp³-hybridized carbons (Fsp3) is 0.333. The molecule has 0 spiro atoms. The van der Waals surface area contributed by atoms with Crippen molar-refractivity contribution in [3.63, 3.8) is 0 Å². The molecule has 1 amide bonds. The second-order valence-corrected chi connectivity index (χ2v) is 7.17. The summed E-state index contributed by atoms with van der Waals surface area (Å²) in [6.07, 6.45) is 1.11. The molecule has 0 saturated carbocycles. The van der Waals surface area contributed by atoms with Crippen molar-refractivity contribution in [1.29, 1.82) is 0 Å². The van der Waals surface area contributed by atoms with Crippen LogP contribution in [0.15, 0.2) is 23.1 Å². The monoisotopic (exact) mass is 315 g/mol. The molecule has 2 aromatic rings. The third-order valence-corrected chi connectivity index (χ3v) is 4.16. The summed E-state index contributed by atoms with van der Waals surface area (Å²) in [5, 5.41) is -0.478. The molecule has 0 radical (unpaired) electrons. The summed E-state index contributed by atoms with van der Waals surface area (Å²) in [7, 11) is -3.42. The van der Waals surface area contributed by atoms with E-state index in [0.29, 0.717) is 16.9 Å². The Labute approximate surface area is 121 Å². The third kappa shape index (κ3) is 2.64. The van der Waals surface area contributed by atoms with Gasteiger partial charge in [0.1, 0.15) is 17.9 Å². The van der Waals surface area contributed by atoms with Gasteiger partial charge < -0.3 is 10.3 Å². The first-order valence-corrected chi connectivity index (χ1v) is 8.16. The SMILES string of the molecule is CC(Cl)c1nc2c(S(C)(=O)=O)cccc2n1CC(N)=O. The highest BCUT2D eigenvalue weighted by molar-refractivity contribution is 7.91. The average molecular weight is 316 g/mol. The minimum atomic E-state index is -3.42. The summed E-state index contributed by atoms with van der Waals surface area (Å²) >= 11 is 6.04. The van der Waals surface area contributed by atoms with E-state index in [1.54, 1.807) is 23.6 Å². The number of sulfone groups is 1. The van der Waals surface area contributed by atoms with Gasteiger partial charge in [-0.15, -0.1) is 11.6 Å². The van der Waals surface area contributed by atoms with Crippen molar-refractivity contribution in [3.8, 4) is 0 Å². The van der Waals surface area contributed by atoms with E-state index in [2.05, 4.69) is 4.98 Å². The molecule has 0 aliphatic rings.